The topological polar surface area (TPSA) is 57.2 Å². The molecule has 0 aliphatic carbocycles. The molecule has 4 rings (SSSR count). The molecular formula is C24H37IN4O2S. The highest BCUT2D eigenvalue weighted by molar-refractivity contribution is 14.0. The predicted octanol–water partition coefficient (Wildman–Crippen LogP) is 4.10. The lowest BCUT2D eigenvalue weighted by Gasteiger charge is -2.35. The van der Waals surface area contributed by atoms with E-state index >= 15 is 0 Å². The lowest BCUT2D eigenvalue weighted by molar-refractivity contribution is -0.127. The van der Waals surface area contributed by atoms with Crippen molar-refractivity contribution in [2.24, 2.45) is 4.99 Å². The third-order valence-electron chi connectivity index (χ3n) is 6.93. The molecule has 8 heteroatoms. The average Bonchev–Trinajstić information content (AvgIpc) is 3.39. The summed E-state index contributed by atoms with van der Waals surface area (Å²) < 4.78 is 5.78. The second-order valence-corrected chi connectivity index (χ2v) is 10.1. The monoisotopic (exact) mass is 572 g/mol. The van der Waals surface area contributed by atoms with E-state index in [1.54, 1.807) is 0 Å². The van der Waals surface area contributed by atoms with Gasteiger partial charge in [0.1, 0.15) is 0 Å². The number of hydrogen-bond donors (Lipinski definition) is 1. The van der Waals surface area contributed by atoms with Gasteiger partial charge in [-0.15, -0.1) is 24.0 Å². The molecule has 0 aromatic heterocycles. The third kappa shape index (κ3) is 5.73. The number of nitrogens with one attached hydrogen (secondary N) is 1. The molecule has 1 aromatic rings. The Morgan fingerprint density at radius 2 is 2.09 bits per heavy atom. The molecule has 1 aromatic carbocycles. The minimum Gasteiger partial charge on any atom is -0.381 e. The number of ether oxygens (including phenoxy) is 1. The van der Waals surface area contributed by atoms with E-state index < -0.39 is 0 Å². The number of likely N-dealkylation sites (tertiary alicyclic amines) is 1. The Balaban J connectivity index is 0.00000289. The van der Waals surface area contributed by atoms with Crippen LogP contribution in [-0.2, 0) is 9.53 Å². The molecular weight excluding hydrogens is 535 g/mol. The van der Waals surface area contributed by atoms with Gasteiger partial charge in [-0.05, 0) is 50.5 Å². The molecule has 1 unspecified atom stereocenters. The lowest BCUT2D eigenvalue weighted by atomic mass is 9.98. The van der Waals surface area contributed by atoms with Crippen molar-refractivity contribution in [3.05, 3.63) is 29.8 Å². The van der Waals surface area contributed by atoms with Gasteiger partial charge in [0.15, 0.2) is 5.96 Å². The van der Waals surface area contributed by atoms with Crippen LogP contribution in [0, 0.1) is 0 Å². The van der Waals surface area contributed by atoms with E-state index in [1.807, 2.05) is 16.7 Å². The minimum atomic E-state index is 0. The van der Waals surface area contributed by atoms with Crippen LogP contribution in [-0.4, -0.2) is 73.7 Å². The highest BCUT2D eigenvalue weighted by atomic mass is 127. The predicted molar refractivity (Wildman–Crippen MR) is 145 cm³/mol. The van der Waals surface area contributed by atoms with Crippen LogP contribution >= 0.6 is 35.7 Å². The largest absolute Gasteiger partial charge is 0.381 e. The fourth-order valence-corrected chi connectivity index (χ4v) is 5.75. The summed E-state index contributed by atoms with van der Waals surface area (Å²) in [5, 5.41) is 3.54. The standard InChI is InChI=1S/C24H36N4O2S.HI/c1-3-25-23(26-18-24(31-2)11-15-30-16-12-24)28-17-19(20-7-4-5-8-21(20)28)10-14-27-13-6-9-22(27)29;/h4-5,7-8,19H,3,6,9-18H2,1-2H3,(H,25,26);1H. The van der Waals surface area contributed by atoms with Gasteiger partial charge < -0.3 is 19.9 Å². The maximum Gasteiger partial charge on any atom is 0.222 e. The molecule has 32 heavy (non-hydrogen) atoms. The van der Waals surface area contributed by atoms with Crippen molar-refractivity contribution in [1.29, 1.82) is 0 Å². The normalized spacial score (nSPS) is 22.6. The minimum absolute atomic E-state index is 0. The van der Waals surface area contributed by atoms with E-state index in [2.05, 4.69) is 47.7 Å². The number of fused-ring (bicyclic) bond motifs is 1. The molecule has 0 bridgehead atoms. The fourth-order valence-electron chi connectivity index (χ4n) is 4.98. The van der Waals surface area contributed by atoms with E-state index in [0.717, 1.165) is 77.6 Å². The van der Waals surface area contributed by atoms with Gasteiger partial charge in [-0.1, -0.05) is 18.2 Å². The molecule has 2 fully saturated rings. The first kappa shape index (κ1) is 25.6. The Labute approximate surface area is 213 Å². The van der Waals surface area contributed by atoms with Crippen LogP contribution < -0.4 is 10.2 Å². The third-order valence-corrected chi connectivity index (χ3v) is 8.34. The van der Waals surface area contributed by atoms with Crippen molar-refractivity contribution >= 4 is 53.3 Å². The van der Waals surface area contributed by atoms with Gasteiger partial charge in [0, 0.05) is 62.2 Å². The van der Waals surface area contributed by atoms with Crippen molar-refractivity contribution < 1.29 is 9.53 Å². The van der Waals surface area contributed by atoms with Gasteiger partial charge in [0.2, 0.25) is 5.91 Å². The van der Waals surface area contributed by atoms with Crippen molar-refractivity contribution in [2.45, 2.75) is 49.7 Å². The summed E-state index contributed by atoms with van der Waals surface area (Å²) in [6, 6.07) is 8.70. The maximum absolute atomic E-state index is 12.1. The SMILES string of the molecule is CCNC(=NCC1(SC)CCOCC1)N1CC(CCN2CCCC2=O)c2ccccc21.I. The number of para-hydroxylation sites is 1. The Hall–Kier alpha value is -1.000. The molecule has 1 N–H and O–H groups in total. The van der Waals surface area contributed by atoms with E-state index in [0.29, 0.717) is 18.2 Å². The second kappa shape index (κ2) is 11.9. The number of rotatable bonds is 7. The highest BCUT2D eigenvalue weighted by Crippen LogP contribution is 2.39. The van der Waals surface area contributed by atoms with E-state index in [-0.39, 0.29) is 28.7 Å². The summed E-state index contributed by atoms with van der Waals surface area (Å²) in [5.41, 5.74) is 2.63. The number of carbonyl (C=O) groups excluding carboxylic acids is 1. The number of nitrogens with zero attached hydrogens (tertiary/aromatic N) is 3. The number of thioether (sulfide) groups is 1. The van der Waals surface area contributed by atoms with Crippen LogP contribution in [0.15, 0.2) is 29.3 Å². The van der Waals surface area contributed by atoms with Crippen molar-refractivity contribution in [1.82, 2.24) is 10.2 Å². The van der Waals surface area contributed by atoms with Crippen LogP contribution in [0.25, 0.3) is 0 Å². The molecule has 178 valence electrons. The maximum atomic E-state index is 12.1. The van der Waals surface area contributed by atoms with Gasteiger partial charge in [-0.2, -0.15) is 11.8 Å². The number of halogens is 1. The first-order valence-corrected chi connectivity index (χ1v) is 12.9. The zero-order valence-corrected chi connectivity index (χ0v) is 22.5. The molecule has 3 aliphatic rings. The van der Waals surface area contributed by atoms with E-state index in [4.69, 9.17) is 9.73 Å². The number of carbonyl (C=O) groups is 1. The first-order chi connectivity index (χ1) is 15.2. The number of benzene rings is 1. The summed E-state index contributed by atoms with van der Waals surface area (Å²) in [6.45, 7) is 8.14. The molecule has 6 nitrogen and oxygen atoms in total. The molecule has 0 radical (unpaired) electrons. The number of anilines is 1. The molecule has 3 heterocycles. The summed E-state index contributed by atoms with van der Waals surface area (Å²) >= 11 is 1.93. The molecule has 1 amide bonds. The lowest BCUT2D eigenvalue weighted by Crippen LogP contribution is -2.43. The van der Waals surface area contributed by atoms with Crippen LogP contribution in [0.3, 0.4) is 0 Å². The van der Waals surface area contributed by atoms with Crippen LogP contribution in [0.4, 0.5) is 5.69 Å². The van der Waals surface area contributed by atoms with Crippen LogP contribution in [0.2, 0.25) is 0 Å². The van der Waals surface area contributed by atoms with E-state index in [9.17, 15) is 4.79 Å². The van der Waals surface area contributed by atoms with Gasteiger partial charge >= 0.3 is 0 Å². The Morgan fingerprint density at radius 1 is 1.31 bits per heavy atom. The zero-order valence-electron chi connectivity index (χ0n) is 19.3. The summed E-state index contributed by atoms with van der Waals surface area (Å²) in [7, 11) is 0. The summed E-state index contributed by atoms with van der Waals surface area (Å²) in [6.07, 6.45) is 7.04. The van der Waals surface area contributed by atoms with Gasteiger partial charge in [0.05, 0.1) is 6.54 Å². The molecule has 3 aliphatic heterocycles. The van der Waals surface area contributed by atoms with Crippen molar-refractivity contribution in [3.8, 4) is 0 Å². The Bertz CT molecular complexity index is 800. The molecule has 2 saturated heterocycles. The molecule has 1 atom stereocenters. The quantitative estimate of drug-likeness (QED) is 0.303. The average molecular weight is 573 g/mol. The van der Waals surface area contributed by atoms with Crippen molar-refractivity contribution in [3.63, 3.8) is 0 Å². The number of guanidine groups is 1. The number of aliphatic imine (C=N–C) groups is 1. The van der Waals surface area contributed by atoms with Gasteiger partial charge in [-0.25, -0.2) is 0 Å². The van der Waals surface area contributed by atoms with Crippen molar-refractivity contribution in [2.75, 3.05) is 57.1 Å². The smallest absolute Gasteiger partial charge is 0.222 e. The molecule has 0 spiro atoms. The van der Waals surface area contributed by atoms with Crippen LogP contribution in [0.5, 0.6) is 0 Å². The highest BCUT2D eigenvalue weighted by Gasteiger charge is 2.34. The number of hydrogen-bond acceptors (Lipinski definition) is 4. The Kier molecular flexibility index (Phi) is 9.55. The van der Waals surface area contributed by atoms with Crippen LogP contribution in [0.1, 0.15) is 50.5 Å². The second-order valence-electron chi connectivity index (χ2n) is 8.81. The van der Waals surface area contributed by atoms with Gasteiger partial charge in [0.25, 0.3) is 0 Å². The summed E-state index contributed by atoms with van der Waals surface area (Å²) in [4.78, 5) is 21.6. The zero-order chi connectivity index (χ0) is 21.7. The Morgan fingerprint density at radius 3 is 2.78 bits per heavy atom. The summed E-state index contributed by atoms with van der Waals surface area (Å²) in [5.74, 6) is 1.72. The fraction of sp³-hybridized carbons (Fsp3) is 0.667. The first-order valence-electron chi connectivity index (χ1n) is 11.7. The number of amides is 1. The van der Waals surface area contributed by atoms with Gasteiger partial charge in [-0.3, -0.25) is 9.79 Å². The van der Waals surface area contributed by atoms with E-state index in [1.165, 1.54) is 11.3 Å². The molecule has 0 saturated carbocycles.